The normalized spacial score (nSPS) is 11.3. The molecule has 2 nitrogen and oxygen atoms in total. The van der Waals surface area contributed by atoms with Crippen molar-refractivity contribution in [3.8, 4) is 0 Å². The Morgan fingerprint density at radius 1 is 1.33 bits per heavy atom. The van der Waals surface area contributed by atoms with Crippen molar-refractivity contribution in [3.05, 3.63) is 29.3 Å². The van der Waals surface area contributed by atoms with Gasteiger partial charge < -0.3 is 5.32 Å². The zero-order valence-electron chi connectivity index (χ0n) is 9.61. The van der Waals surface area contributed by atoms with Crippen LogP contribution in [0.4, 0.5) is 5.69 Å². The van der Waals surface area contributed by atoms with Crippen molar-refractivity contribution in [1.82, 2.24) is 0 Å². The standard InChI is InChI=1S/C12H17IN2/c1-12(2,3)8-5-6-9(11(13)14)10(7-8)15-4/h5-7,14-15H,1-4H3. The van der Waals surface area contributed by atoms with E-state index in [9.17, 15) is 0 Å². The van der Waals surface area contributed by atoms with Crippen LogP contribution in [0.5, 0.6) is 0 Å². The largest absolute Gasteiger partial charge is 0.388 e. The third-order valence-corrected chi connectivity index (χ3v) is 2.97. The monoisotopic (exact) mass is 316 g/mol. The first-order valence-electron chi connectivity index (χ1n) is 4.93. The molecule has 0 aliphatic carbocycles. The van der Waals surface area contributed by atoms with Crippen LogP contribution in [0.25, 0.3) is 0 Å². The maximum Gasteiger partial charge on any atom is 0.101 e. The molecule has 0 saturated carbocycles. The van der Waals surface area contributed by atoms with Gasteiger partial charge in [-0.25, -0.2) is 0 Å². The number of anilines is 1. The Kier molecular flexibility index (Phi) is 3.76. The van der Waals surface area contributed by atoms with Crippen LogP contribution in [0.3, 0.4) is 0 Å². The first-order valence-corrected chi connectivity index (χ1v) is 6.01. The van der Waals surface area contributed by atoms with Crippen LogP contribution in [0.1, 0.15) is 31.9 Å². The Balaban J connectivity index is 3.25. The van der Waals surface area contributed by atoms with Gasteiger partial charge in [0.25, 0.3) is 0 Å². The zero-order chi connectivity index (χ0) is 11.6. The summed E-state index contributed by atoms with van der Waals surface area (Å²) in [4.78, 5) is 0. The lowest BCUT2D eigenvalue weighted by Gasteiger charge is -2.21. The SMILES string of the molecule is CNc1cc(C(C)(C)C)ccc1C(=N)I. The van der Waals surface area contributed by atoms with E-state index < -0.39 is 0 Å². The number of hydrogen-bond acceptors (Lipinski definition) is 2. The van der Waals surface area contributed by atoms with Gasteiger partial charge in [0.15, 0.2) is 0 Å². The van der Waals surface area contributed by atoms with Gasteiger partial charge in [-0.05, 0) is 45.7 Å². The summed E-state index contributed by atoms with van der Waals surface area (Å²) in [5.41, 5.74) is 3.43. The predicted octanol–water partition coefficient (Wildman–Crippen LogP) is 3.79. The Morgan fingerprint density at radius 3 is 2.33 bits per heavy atom. The molecular weight excluding hydrogens is 299 g/mol. The van der Waals surface area contributed by atoms with Gasteiger partial charge in [0.1, 0.15) is 3.72 Å². The average Bonchev–Trinajstić information content (AvgIpc) is 2.15. The van der Waals surface area contributed by atoms with Crippen LogP contribution >= 0.6 is 22.6 Å². The number of nitrogens with one attached hydrogen (secondary N) is 2. The minimum absolute atomic E-state index is 0.150. The summed E-state index contributed by atoms with van der Waals surface area (Å²) in [5, 5.41) is 10.8. The highest BCUT2D eigenvalue weighted by atomic mass is 127. The van der Waals surface area contributed by atoms with E-state index in [0.717, 1.165) is 11.3 Å². The third kappa shape index (κ3) is 2.93. The average molecular weight is 316 g/mol. The second-order valence-corrected chi connectivity index (χ2v) is 5.65. The summed E-state index contributed by atoms with van der Waals surface area (Å²) in [5.74, 6) is 0. The Morgan fingerprint density at radius 2 is 1.93 bits per heavy atom. The molecule has 0 atom stereocenters. The van der Waals surface area contributed by atoms with Gasteiger partial charge in [-0.2, -0.15) is 0 Å². The molecule has 0 fully saturated rings. The molecule has 1 aromatic carbocycles. The maximum atomic E-state index is 7.65. The first kappa shape index (κ1) is 12.5. The highest BCUT2D eigenvalue weighted by Gasteiger charge is 2.15. The lowest BCUT2D eigenvalue weighted by atomic mass is 9.86. The van der Waals surface area contributed by atoms with Crippen molar-refractivity contribution in [2.75, 3.05) is 12.4 Å². The lowest BCUT2D eigenvalue weighted by Crippen LogP contribution is -2.12. The molecule has 0 unspecified atom stereocenters. The zero-order valence-corrected chi connectivity index (χ0v) is 11.8. The fourth-order valence-corrected chi connectivity index (χ4v) is 1.88. The molecule has 1 rings (SSSR count). The quantitative estimate of drug-likeness (QED) is 0.632. The summed E-state index contributed by atoms with van der Waals surface area (Å²) in [6, 6.07) is 6.24. The fourth-order valence-electron chi connectivity index (χ4n) is 1.41. The van der Waals surface area contributed by atoms with Crippen LogP contribution in [0.15, 0.2) is 18.2 Å². The molecule has 0 spiro atoms. The van der Waals surface area contributed by atoms with E-state index in [4.69, 9.17) is 5.41 Å². The fraction of sp³-hybridized carbons (Fsp3) is 0.417. The number of halogens is 1. The molecule has 3 heteroatoms. The molecule has 0 bridgehead atoms. The minimum atomic E-state index is 0.150. The third-order valence-electron chi connectivity index (χ3n) is 2.39. The van der Waals surface area contributed by atoms with Crippen LogP contribution in [0, 0.1) is 5.41 Å². The molecule has 0 heterocycles. The van der Waals surface area contributed by atoms with Crippen LogP contribution in [-0.4, -0.2) is 10.8 Å². The van der Waals surface area contributed by atoms with E-state index in [1.165, 1.54) is 5.56 Å². The van der Waals surface area contributed by atoms with E-state index in [1.54, 1.807) is 0 Å². The highest BCUT2D eigenvalue weighted by molar-refractivity contribution is 14.1. The van der Waals surface area contributed by atoms with Crippen molar-refractivity contribution in [2.24, 2.45) is 0 Å². The van der Waals surface area contributed by atoms with Gasteiger partial charge in [-0.3, -0.25) is 5.41 Å². The second-order valence-electron chi connectivity index (χ2n) is 4.57. The van der Waals surface area contributed by atoms with Gasteiger partial charge in [-0.1, -0.05) is 26.8 Å². The molecule has 0 aromatic heterocycles. The Bertz CT molecular complexity index is 378. The summed E-state index contributed by atoms with van der Waals surface area (Å²) in [7, 11) is 1.89. The van der Waals surface area contributed by atoms with Gasteiger partial charge in [0, 0.05) is 18.3 Å². The van der Waals surface area contributed by atoms with Crippen LogP contribution in [0.2, 0.25) is 0 Å². The van der Waals surface area contributed by atoms with Crippen molar-refractivity contribution in [1.29, 1.82) is 5.41 Å². The van der Waals surface area contributed by atoms with Crippen molar-refractivity contribution < 1.29 is 0 Å². The van der Waals surface area contributed by atoms with Crippen molar-refractivity contribution >= 4 is 32.0 Å². The number of benzene rings is 1. The maximum absolute atomic E-state index is 7.65. The van der Waals surface area contributed by atoms with Gasteiger partial charge >= 0.3 is 0 Å². The second kappa shape index (κ2) is 4.51. The molecule has 0 aliphatic rings. The Labute approximate surface area is 105 Å². The summed E-state index contributed by atoms with van der Waals surface area (Å²) >= 11 is 2.03. The number of hydrogen-bond donors (Lipinski definition) is 2. The summed E-state index contributed by atoms with van der Waals surface area (Å²) in [6.45, 7) is 6.57. The van der Waals surface area contributed by atoms with E-state index in [2.05, 4.69) is 38.2 Å². The van der Waals surface area contributed by atoms with Crippen molar-refractivity contribution in [2.45, 2.75) is 26.2 Å². The molecule has 82 valence electrons. The molecule has 0 amide bonds. The summed E-state index contributed by atoms with van der Waals surface area (Å²) < 4.78 is 0.567. The molecule has 2 N–H and O–H groups in total. The van der Waals surface area contributed by atoms with Gasteiger partial charge in [0.05, 0.1) is 0 Å². The lowest BCUT2D eigenvalue weighted by molar-refractivity contribution is 0.590. The highest BCUT2D eigenvalue weighted by Crippen LogP contribution is 2.28. The van der Waals surface area contributed by atoms with E-state index >= 15 is 0 Å². The van der Waals surface area contributed by atoms with Crippen LogP contribution < -0.4 is 5.32 Å². The molecule has 0 saturated heterocycles. The number of rotatable bonds is 2. The molecular formula is C12H17IN2. The topological polar surface area (TPSA) is 35.9 Å². The van der Waals surface area contributed by atoms with Crippen LogP contribution in [-0.2, 0) is 5.41 Å². The van der Waals surface area contributed by atoms with Gasteiger partial charge in [0.2, 0.25) is 0 Å². The van der Waals surface area contributed by atoms with E-state index in [-0.39, 0.29) is 5.41 Å². The van der Waals surface area contributed by atoms with Crippen molar-refractivity contribution in [3.63, 3.8) is 0 Å². The smallest absolute Gasteiger partial charge is 0.101 e. The molecule has 0 radical (unpaired) electrons. The van der Waals surface area contributed by atoms with E-state index in [1.807, 2.05) is 35.7 Å². The Hall–Kier alpha value is -0.580. The molecule has 0 aliphatic heterocycles. The van der Waals surface area contributed by atoms with Gasteiger partial charge in [-0.15, -0.1) is 0 Å². The predicted molar refractivity (Wildman–Crippen MR) is 75.5 cm³/mol. The molecule has 1 aromatic rings. The first-order chi connectivity index (χ1) is 6.86. The summed E-state index contributed by atoms with van der Waals surface area (Å²) in [6.07, 6.45) is 0. The minimum Gasteiger partial charge on any atom is -0.388 e. The van der Waals surface area contributed by atoms with E-state index in [0.29, 0.717) is 3.72 Å². The molecule has 15 heavy (non-hydrogen) atoms.